The number of amides is 1. The molecule has 0 saturated heterocycles. The van der Waals surface area contributed by atoms with E-state index in [4.69, 9.17) is 12.2 Å². The lowest BCUT2D eigenvalue weighted by atomic mass is 9.65. The van der Waals surface area contributed by atoms with Crippen molar-refractivity contribution in [3.8, 4) is 0 Å². The van der Waals surface area contributed by atoms with Crippen LogP contribution in [0, 0.1) is 5.41 Å². The van der Waals surface area contributed by atoms with Gasteiger partial charge in [0.25, 0.3) is 5.91 Å². The van der Waals surface area contributed by atoms with E-state index in [1.54, 1.807) is 0 Å². The number of aliphatic carboxylic acids is 1. The maximum atomic E-state index is 13.2. The number of sulfone groups is 1. The van der Waals surface area contributed by atoms with Crippen LogP contribution in [0.15, 0.2) is 36.8 Å². The maximum Gasteiger partial charge on any atom is 0.434 e. The van der Waals surface area contributed by atoms with Crippen LogP contribution in [0.5, 0.6) is 0 Å². The second-order valence-corrected chi connectivity index (χ2v) is 12.3. The van der Waals surface area contributed by atoms with Crippen LogP contribution in [0.2, 0.25) is 0 Å². The van der Waals surface area contributed by atoms with Gasteiger partial charge in [0.2, 0.25) is 0 Å². The zero-order chi connectivity index (χ0) is 29.0. The van der Waals surface area contributed by atoms with Gasteiger partial charge in [-0.1, -0.05) is 44.1 Å². The minimum absolute atomic E-state index is 0.0121. The molecule has 212 valence electrons. The zero-order valence-corrected chi connectivity index (χ0v) is 22.9. The van der Waals surface area contributed by atoms with Crippen molar-refractivity contribution >= 4 is 44.6 Å². The molecule has 0 bridgehead atoms. The van der Waals surface area contributed by atoms with Crippen molar-refractivity contribution in [2.45, 2.75) is 62.9 Å². The number of halogens is 3. The molecule has 0 spiro atoms. The molecule has 1 fully saturated rings. The fourth-order valence-corrected chi connectivity index (χ4v) is 7.05. The normalized spacial score (nSPS) is 20.0. The largest absolute Gasteiger partial charge is 0.480 e. The van der Waals surface area contributed by atoms with Crippen LogP contribution >= 0.6 is 12.2 Å². The number of benzene rings is 1. The summed E-state index contributed by atoms with van der Waals surface area (Å²) in [4.78, 5) is 31.3. The Bertz CT molecular complexity index is 1340. The van der Waals surface area contributed by atoms with E-state index in [1.165, 1.54) is 30.5 Å². The van der Waals surface area contributed by atoms with Gasteiger partial charge in [0.15, 0.2) is 15.5 Å². The number of nitrogens with one attached hydrogen (secondary N) is 2. The average Bonchev–Trinajstić information content (AvgIpc) is 2.82. The number of alkyl halides is 3. The minimum Gasteiger partial charge on any atom is -0.480 e. The summed E-state index contributed by atoms with van der Waals surface area (Å²) in [6.07, 6.45) is 0.935. The van der Waals surface area contributed by atoms with E-state index in [-0.39, 0.29) is 17.1 Å². The number of carbonyl (C=O) groups is 2. The van der Waals surface area contributed by atoms with Crippen molar-refractivity contribution in [1.82, 2.24) is 15.3 Å². The Morgan fingerprint density at radius 1 is 1.26 bits per heavy atom. The SMILES string of the molecule is CCCCC1(C(=S)N[C@@H](Cc2ccc(NC(=O)c3cncnc3C(F)(F)F)cc2)C(=O)O)CCC1S(C)(=O)=O. The van der Waals surface area contributed by atoms with Crippen LogP contribution in [-0.4, -0.2) is 57.9 Å². The monoisotopic (exact) mass is 586 g/mol. The van der Waals surface area contributed by atoms with Crippen molar-refractivity contribution in [1.29, 1.82) is 0 Å². The lowest BCUT2D eigenvalue weighted by Gasteiger charge is -2.49. The first-order valence-corrected chi connectivity index (χ1v) is 14.6. The summed E-state index contributed by atoms with van der Waals surface area (Å²) in [5.41, 5.74) is -2.18. The van der Waals surface area contributed by atoms with Gasteiger partial charge in [0.1, 0.15) is 12.4 Å². The standard InChI is InChI=1S/C25H29F3N4O5S2/c1-3-4-10-24(11-9-19(24)39(2,36)37)23(38)32-18(22(34)35)12-15-5-7-16(8-6-15)31-21(33)17-13-29-14-30-20(17)25(26,27)28/h5-8,13-14,18-19H,3-4,9-12H2,1-2H3,(H,31,33)(H,32,38)(H,34,35)/t18-,19?,24?/m0/s1. The van der Waals surface area contributed by atoms with Gasteiger partial charge in [-0.15, -0.1) is 0 Å². The quantitative estimate of drug-likeness (QED) is 0.333. The third-order valence-corrected chi connectivity index (χ3v) is 9.14. The Balaban J connectivity index is 1.72. The van der Waals surface area contributed by atoms with Crippen LogP contribution in [0.25, 0.3) is 0 Å². The molecule has 1 aliphatic carbocycles. The summed E-state index contributed by atoms with van der Waals surface area (Å²) in [6.45, 7) is 1.98. The second kappa shape index (κ2) is 11.9. The highest BCUT2D eigenvalue weighted by Gasteiger charge is 2.54. The number of carbonyl (C=O) groups excluding carboxylic acids is 1. The summed E-state index contributed by atoms with van der Waals surface area (Å²) in [6, 6.07) is 4.76. The molecule has 39 heavy (non-hydrogen) atoms. The summed E-state index contributed by atoms with van der Waals surface area (Å²) in [5.74, 6) is -2.23. The Kier molecular flexibility index (Phi) is 9.31. The van der Waals surface area contributed by atoms with E-state index >= 15 is 0 Å². The fraction of sp³-hybridized carbons (Fsp3) is 0.480. The predicted molar refractivity (Wildman–Crippen MR) is 142 cm³/mol. The first-order chi connectivity index (χ1) is 18.2. The summed E-state index contributed by atoms with van der Waals surface area (Å²) < 4.78 is 64.2. The van der Waals surface area contributed by atoms with E-state index in [9.17, 15) is 36.3 Å². The van der Waals surface area contributed by atoms with E-state index in [1.807, 2.05) is 6.92 Å². The number of hydrogen-bond acceptors (Lipinski definition) is 7. The lowest BCUT2D eigenvalue weighted by molar-refractivity contribution is -0.141. The Hall–Kier alpha value is -3.13. The zero-order valence-electron chi connectivity index (χ0n) is 21.3. The molecule has 1 aromatic heterocycles. The van der Waals surface area contributed by atoms with Crippen LogP contribution in [-0.2, 0) is 27.2 Å². The Morgan fingerprint density at radius 2 is 1.92 bits per heavy atom. The predicted octanol–water partition coefficient (Wildman–Crippen LogP) is 4.04. The third kappa shape index (κ3) is 7.10. The number of nitrogens with zero attached hydrogens (tertiary/aromatic N) is 2. The van der Waals surface area contributed by atoms with Crippen molar-refractivity contribution in [2.24, 2.45) is 5.41 Å². The number of carboxylic acid groups (broad SMARTS) is 1. The van der Waals surface area contributed by atoms with Crippen molar-refractivity contribution < 1.29 is 36.3 Å². The second-order valence-electron chi connectivity index (χ2n) is 9.62. The van der Waals surface area contributed by atoms with Crippen molar-refractivity contribution in [3.63, 3.8) is 0 Å². The van der Waals surface area contributed by atoms with E-state index in [0.29, 0.717) is 31.2 Å². The molecular formula is C25H29F3N4O5S2. The third-order valence-electron chi connectivity index (χ3n) is 6.89. The molecular weight excluding hydrogens is 557 g/mol. The molecule has 2 unspecified atom stereocenters. The van der Waals surface area contributed by atoms with Gasteiger partial charge < -0.3 is 15.7 Å². The van der Waals surface area contributed by atoms with E-state index in [2.05, 4.69) is 20.6 Å². The summed E-state index contributed by atoms with van der Waals surface area (Å²) in [5, 5.41) is 14.4. The first kappa shape index (κ1) is 30.4. The molecule has 1 aliphatic rings. The van der Waals surface area contributed by atoms with Gasteiger partial charge in [-0.05, 0) is 37.0 Å². The van der Waals surface area contributed by atoms with E-state index < -0.39 is 55.9 Å². The minimum atomic E-state index is -4.84. The highest BCUT2D eigenvalue weighted by molar-refractivity contribution is 7.91. The highest BCUT2D eigenvalue weighted by atomic mass is 32.2. The first-order valence-electron chi connectivity index (χ1n) is 12.2. The summed E-state index contributed by atoms with van der Waals surface area (Å²) >= 11 is 5.58. The molecule has 3 atom stereocenters. The molecule has 2 aromatic rings. The van der Waals surface area contributed by atoms with Crippen LogP contribution in [0.4, 0.5) is 18.9 Å². The number of aromatic nitrogens is 2. The molecule has 1 saturated carbocycles. The number of rotatable bonds is 11. The van der Waals surface area contributed by atoms with Gasteiger partial charge >= 0.3 is 12.1 Å². The molecule has 0 aliphatic heterocycles. The maximum absolute atomic E-state index is 13.2. The molecule has 0 radical (unpaired) electrons. The lowest BCUT2D eigenvalue weighted by Crippen LogP contribution is -2.59. The van der Waals surface area contributed by atoms with Crippen LogP contribution in [0.3, 0.4) is 0 Å². The number of unbranched alkanes of at least 4 members (excludes halogenated alkanes) is 1. The molecule has 1 heterocycles. The average molecular weight is 587 g/mol. The Morgan fingerprint density at radius 3 is 2.44 bits per heavy atom. The molecule has 14 heteroatoms. The van der Waals surface area contributed by atoms with Gasteiger partial charge in [0.05, 0.1) is 15.8 Å². The number of thiocarbonyl (C=S) groups is 1. The van der Waals surface area contributed by atoms with Crippen LogP contribution in [0.1, 0.15) is 60.6 Å². The van der Waals surface area contributed by atoms with Gasteiger partial charge in [-0.25, -0.2) is 23.2 Å². The number of anilines is 1. The van der Waals surface area contributed by atoms with Gasteiger partial charge in [-0.2, -0.15) is 13.2 Å². The molecule has 3 rings (SSSR count). The van der Waals surface area contributed by atoms with Crippen molar-refractivity contribution in [3.05, 3.63) is 53.6 Å². The fourth-order valence-electron chi connectivity index (χ4n) is 4.77. The number of hydrogen-bond donors (Lipinski definition) is 3. The topological polar surface area (TPSA) is 138 Å². The van der Waals surface area contributed by atoms with Crippen LogP contribution < -0.4 is 10.6 Å². The molecule has 9 nitrogen and oxygen atoms in total. The van der Waals surface area contributed by atoms with Crippen molar-refractivity contribution in [2.75, 3.05) is 11.6 Å². The highest BCUT2D eigenvalue weighted by Crippen LogP contribution is 2.50. The van der Waals surface area contributed by atoms with Gasteiger partial charge in [-0.3, -0.25) is 4.79 Å². The Labute approximate surface area is 229 Å². The van der Waals surface area contributed by atoms with E-state index in [0.717, 1.165) is 19.0 Å². The smallest absolute Gasteiger partial charge is 0.434 e. The summed E-state index contributed by atoms with van der Waals surface area (Å²) in [7, 11) is -3.39. The molecule has 1 aromatic carbocycles. The molecule has 3 N–H and O–H groups in total. The van der Waals surface area contributed by atoms with Gasteiger partial charge in [0, 0.05) is 30.0 Å². The molecule has 1 amide bonds. The number of carboxylic acids is 1.